The summed E-state index contributed by atoms with van der Waals surface area (Å²) in [5.41, 5.74) is 0.446. The molecule has 0 spiro atoms. The van der Waals surface area contributed by atoms with E-state index in [2.05, 4.69) is 23.5 Å². The van der Waals surface area contributed by atoms with Gasteiger partial charge < -0.3 is 4.74 Å². The van der Waals surface area contributed by atoms with Gasteiger partial charge in [0.1, 0.15) is 0 Å². The summed E-state index contributed by atoms with van der Waals surface area (Å²) in [5, 5.41) is 8.84. The van der Waals surface area contributed by atoms with Gasteiger partial charge in [0.2, 0.25) is 10.0 Å². The van der Waals surface area contributed by atoms with Crippen molar-refractivity contribution in [2.24, 2.45) is 5.92 Å². The number of rotatable bonds is 8. The van der Waals surface area contributed by atoms with E-state index in [1.165, 1.54) is 24.3 Å². The first-order valence-corrected chi connectivity index (χ1v) is 10.3. The molecule has 2 rings (SSSR count). The van der Waals surface area contributed by atoms with Crippen molar-refractivity contribution in [3.8, 4) is 6.07 Å². The normalized spacial score (nSPS) is 17.4. The predicted octanol–water partition coefficient (Wildman–Crippen LogP) is 1.97. The highest BCUT2D eigenvalue weighted by molar-refractivity contribution is 7.89. The van der Waals surface area contributed by atoms with Crippen LogP contribution >= 0.6 is 0 Å². The highest BCUT2D eigenvalue weighted by atomic mass is 32.2. The SMILES string of the molecule is CCC(CC)C(CNS(=O)(=O)c1ccc(C#N)cc1)N1CCOCC1. The van der Waals surface area contributed by atoms with E-state index < -0.39 is 10.0 Å². The summed E-state index contributed by atoms with van der Waals surface area (Å²) >= 11 is 0. The molecule has 0 bridgehead atoms. The van der Waals surface area contributed by atoms with Gasteiger partial charge in [-0.25, -0.2) is 13.1 Å². The van der Waals surface area contributed by atoms with Crippen molar-refractivity contribution in [3.63, 3.8) is 0 Å². The fraction of sp³-hybridized carbons (Fsp3) is 0.611. The van der Waals surface area contributed by atoms with Crippen molar-refractivity contribution in [2.75, 3.05) is 32.8 Å². The summed E-state index contributed by atoms with van der Waals surface area (Å²) in [5.74, 6) is 0.432. The van der Waals surface area contributed by atoms with Crippen LogP contribution in [0.4, 0.5) is 0 Å². The molecule has 1 fully saturated rings. The molecule has 1 aromatic rings. The third-order valence-electron chi connectivity index (χ3n) is 4.88. The number of morpholine rings is 1. The van der Waals surface area contributed by atoms with Crippen molar-refractivity contribution in [3.05, 3.63) is 29.8 Å². The Labute approximate surface area is 150 Å². The van der Waals surface area contributed by atoms with Gasteiger partial charge in [0, 0.05) is 25.7 Å². The smallest absolute Gasteiger partial charge is 0.240 e. The summed E-state index contributed by atoms with van der Waals surface area (Å²) in [6.07, 6.45) is 2.02. The largest absolute Gasteiger partial charge is 0.379 e. The van der Waals surface area contributed by atoms with Gasteiger partial charge >= 0.3 is 0 Å². The van der Waals surface area contributed by atoms with Crippen LogP contribution in [0.1, 0.15) is 32.3 Å². The van der Waals surface area contributed by atoms with Crippen LogP contribution in [0.15, 0.2) is 29.2 Å². The Morgan fingerprint density at radius 2 is 1.80 bits per heavy atom. The Bertz CT molecular complexity index is 673. The van der Waals surface area contributed by atoms with Crippen LogP contribution < -0.4 is 4.72 Å². The van der Waals surface area contributed by atoms with Crippen LogP contribution in [0, 0.1) is 17.2 Å². The molecule has 0 aliphatic carbocycles. The molecule has 0 aromatic heterocycles. The number of sulfonamides is 1. The third kappa shape index (κ3) is 5.25. The van der Waals surface area contributed by atoms with Crippen molar-refractivity contribution in [1.82, 2.24) is 9.62 Å². The molecule has 1 N–H and O–H groups in total. The van der Waals surface area contributed by atoms with Gasteiger partial charge in [0.25, 0.3) is 0 Å². The lowest BCUT2D eigenvalue weighted by Crippen LogP contribution is -2.52. The van der Waals surface area contributed by atoms with Crippen LogP contribution in [-0.4, -0.2) is 52.2 Å². The van der Waals surface area contributed by atoms with Gasteiger partial charge in [-0.15, -0.1) is 0 Å². The molecule has 6 nitrogen and oxygen atoms in total. The zero-order chi connectivity index (χ0) is 18.3. The lowest BCUT2D eigenvalue weighted by molar-refractivity contribution is 0.00297. The standard InChI is InChI=1S/C18H27N3O3S/c1-3-16(4-2)18(21-9-11-24-12-10-21)14-20-25(22,23)17-7-5-15(13-19)6-8-17/h5-8,16,18,20H,3-4,9-12,14H2,1-2H3. The summed E-state index contributed by atoms with van der Waals surface area (Å²) in [4.78, 5) is 2.53. The molecule has 1 unspecified atom stereocenters. The molecule has 0 saturated carbocycles. The van der Waals surface area contributed by atoms with Gasteiger partial charge in [-0.2, -0.15) is 5.26 Å². The van der Waals surface area contributed by atoms with E-state index >= 15 is 0 Å². The first-order chi connectivity index (χ1) is 12.0. The van der Waals surface area contributed by atoms with E-state index in [-0.39, 0.29) is 10.9 Å². The predicted molar refractivity (Wildman–Crippen MR) is 96.6 cm³/mol. The number of nitriles is 1. The Morgan fingerprint density at radius 3 is 2.32 bits per heavy atom. The van der Waals surface area contributed by atoms with Crippen LogP contribution in [0.5, 0.6) is 0 Å². The summed E-state index contributed by atoms with van der Waals surface area (Å²) in [7, 11) is -3.59. The van der Waals surface area contributed by atoms with Crippen LogP contribution in [0.25, 0.3) is 0 Å². The molecule has 1 atom stereocenters. The molecule has 0 radical (unpaired) electrons. The maximum Gasteiger partial charge on any atom is 0.240 e. The van der Waals surface area contributed by atoms with Crippen LogP contribution in [-0.2, 0) is 14.8 Å². The average Bonchev–Trinajstić information content (AvgIpc) is 2.66. The molecule has 138 valence electrons. The Morgan fingerprint density at radius 1 is 1.20 bits per heavy atom. The molecule has 1 aliphatic rings. The Kier molecular flexibility index (Phi) is 7.38. The minimum atomic E-state index is -3.59. The second-order valence-corrected chi connectivity index (χ2v) is 8.05. The molecular weight excluding hydrogens is 338 g/mol. The number of ether oxygens (including phenoxy) is 1. The Hall–Kier alpha value is -1.46. The van der Waals surface area contributed by atoms with E-state index in [1.807, 2.05) is 6.07 Å². The molecule has 25 heavy (non-hydrogen) atoms. The minimum absolute atomic E-state index is 0.159. The van der Waals surface area contributed by atoms with E-state index in [4.69, 9.17) is 10.00 Å². The molecule has 1 aromatic carbocycles. The van der Waals surface area contributed by atoms with Gasteiger partial charge in [0.05, 0.1) is 29.7 Å². The van der Waals surface area contributed by atoms with E-state index in [1.54, 1.807) is 0 Å². The fourth-order valence-electron chi connectivity index (χ4n) is 3.32. The van der Waals surface area contributed by atoms with E-state index in [9.17, 15) is 8.42 Å². The van der Waals surface area contributed by atoms with Crippen molar-refractivity contribution in [2.45, 2.75) is 37.6 Å². The lowest BCUT2D eigenvalue weighted by atomic mass is 9.92. The lowest BCUT2D eigenvalue weighted by Gasteiger charge is -2.38. The van der Waals surface area contributed by atoms with Crippen LogP contribution in [0.3, 0.4) is 0 Å². The first-order valence-electron chi connectivity index (χ1n) is 8.83. The Balaban J connectivity index is 2.10. The second-order valence-electron chi connectivity index (χ2n) is 6.28. The maximum absolute atomic E-state index is 12.6. The zero-order valence-electron chi connectivity index (χ0n) is 14.9. The van der Waals surface area contributed by atoms with Crippen molar-refractivity contribution < 1.29 is 13.2 Å². The van der Waals surface area contributed by atoms with Gasteiger partial charge in [-0.05, 0) is 30.2 Å². The highest BCUT2D eigenvalue weighted by Crippen LogP contribution is 2.20. The quantitative estimate of drug-likeness (QED) is 0.762. The zero-order valence-corrected chi connectivity index (χ0v) is 15.8. The van der Waals surface area contributed by atoms with Crippen molar-refractivity contribution >= 4 is 10.0 Å². The van der Waals surface area contributed by atoms with Gasteiger partial charge in [-0.1, -0.05) is 26.7 Å². The van der Waals surface area contributed by atoms with Crippen LogP contribution in [0.2, 0.25) is 0 Å². The summed E-state index contributed by atoms with van der Waals surface area (Å²) in [6.45, 7) is 7.74. The molecule has 1 aliphatic heterocycles. The van der Waals surface area contributed by atoms with E-state index in [0.29, 0.717) is 31.2 Å². The van der Waals surface area contributed by atoms with Crippen molar-refractivity contribution in [1.29, 1.82) is 5.26 Å². The van der Waals surface area contributed by atoms with Gasteiger partial charge in [-0.3, -0.25) is 4.90 Å². The number of hydrogen-bond acceptors (Lipinski definition) is 5. The number of nitrogens with one attached hydrogen (secondary N) is 1. The highest BCUT2D eigenvalue weighted by Gasteiger charge is 2.28. The van der Waals surface area contributed by atoms with Gasteiger partial charge in [0.15, 0.2) is 0 Å². The average molecular weight is 365 g/mol. The number of benzene rings is 1. The topological polar surface area (TPSA) is 82.4 Å². The second kappa shape index (κ2) is 9.30. The molecule has 0 amide bonds. The molecular formula is C18H27N3O3S. The number of nitrogens with zero attached hydrogens (tertiary/aromatic N) is 2. The van der Waals surface area contributed by atoms with E-state index in [0.717, 1.165) is 25.9 Å². The third-order valence-corrected chi connectivity index (χ3v) is 6.32. The monoisotopic (exact) mass is 365 g/mol. The summed E-state index contributed by atoms with van der Waals surface area (Å²) < 4.78 is 33.4. The fourth-order valence-corrected chi connectivity index (χ4v) is 4.37. The summed E-state index contributed by atoms with van der Waals surface area (Å²) in [6, 6.07) is 8.15. The number of hydrogen-bond donors (Lipinski definition) is 1. The minimum Gasteiger partial charge on any atom is -0.379 e. The molecule has 1 saturated heterocycles. The maximum atomic E-state index is 12.6. The first kappa shape index (κ1) is 19.9. The molecule has 7 heteroatoms. The molecule has 1 heterocycles.